The number of carbonyl (C=O) groups is 3. The molecule has 1 aromatic rings. The van der Waals surface area contributed by atoms with Crippen molar-refractivity contribution in [2.75, 3.05) is 14.1 Å². The third kappa shape index (κ3) is 7.54. The number of aldehydes is 2. The largest absolute Gasteiger partial charge is 0.508 e. The summed E-state index contributed by atoms with van der Waals surface area (Å²) in [5, 5.41) is 11.7. The van der Waals surface area contributed by atoms with E-state index in [0.717, 1.165) is 24.6 Å². The molecule has 0 aliphatic rings. The molecule has 122 valence electrons. The molecule has 0 heterocycles. The van der Waals surface area contributed by atoms with Crippen LogP contribution >= 0.6 is 0 Å². The summed E-state index contributed by atoms with van der Waals surface area (Å²) in [6, 6.07) is 4.97. The van der Waals surface area contributed by atoms with Gasteiger partial charge < -0.3 is 15.2 Å². The first kappa shape index (κ1) is 19.8. The lowest BCUT2D eigenvalue weighted by atomic mass is 10.1. The van der Waals surface area contributed by atoms with Gasteiger partial charge in [0.15, 0.2) is 0 Å². The van der Waals surface area contributed by atoms with E-state index in [0.29, 0.717) is 24.9 Å². The first-order chi connectivity index (χ1) is 10.5. The monoisotopic (exact) mass is 308 g/mol. The second-order valence-corrected chi connectivity index (χ2v) is 4.92. The molecule has 0 aliphatic carbocycles. The number of hydrogen-bond donors (Lipinski definition) is 2. The van der Waals surface area contributed by atoms with E-state index in [4.69, 9.17) is 4.79 Å². The van der Waals surface area contributed by atoms with Crippen molar-refractivity contribution in [2.45, 2.75) is 32.4 Å². The zero-order chi connectivity index (χ0) is 17.0. The van der Waals surface area contributed by atoms with E-state index < -0.39 is 0 Å². The van der Waals surface area contributed by atoms with Crippen molar-refractivity contribution in [3.63, 3.8) is 0 Å². The van der Waals surface area contributed by atoms with Crippen molar-refractivity contribution >= 4 is 19.0 Å². The predicted octanol–water partition coefficient (Wildman–Crippen LogP) is 1.37. The Kier molecular flexibility index (Phi) is 10.3. The third-order valence-electron chi connectivity index (χ3n) is 3.25. The molecular formula is C16H24N2O4. The highest BCUT2D eigenvalue weighted by Gasteiger charge is 2.12. The summed E-state index contributed by atoms with van der Waals surface area (Å²) in [5.74, 6) is 0.157. The fraction of sp³-hybridized carbons (Fsp3) is 0.438. The summed E-state index contributed by atoms with van der Waals surface area (Å²) < 4.78 is 0. The fourth-order valence-corrected chi connectivity index (χ4v) is 1.80. The molecule has 0 fully saturated rings. The molecule has 0 aromatic heterocycles. The SMILES string of the molecule is CC(CCC=O)N(C)Cc1cc(O)ccc1C=O.CNC=O. The maximum absolute atomic E-state index is 10.9. The number of benzene rings is 1. The highest BCUT2D eigenvalue weighted by atomic mass is 16.3. The first-order valence-electron chi connectivity index (χ1n) is 7.02. The van der Waals surface area contributed by atoms with E-state index in [9.17, 15) is 14.7 Å². The van der Waals surface area contributed by atoms with E-state index in [1.165, 1.54) is 6.07 Å². The molecule has 22 heavy (non-hydrogen) atoms. The van der Waals surface area contributed by atoms with Gasteiger partial charge >= 0.3 is 0 Å². The number of carbonyl (C=O) groups excluding carboxylic acids is 3. The molecule has 6 nitrogen and oxygen atoms in total. The second-order valence-electron chi connectivity index (χ2n) is 4.92. The number of hydrogen-bond acceptors (Lipinski definition) is 5. The number of nitrogens with one attached hydrogen (secondary N) is 1. The lowest BCUT2D eigenvalue weighted by Gasteiger charge is -2.24. The van der Waals surface area contributed by atoms with E-state index in [2.05, 4.69) is 10.2 Å². The van der Waals surface area contributed by atoms with E-state index >= 15 is 0 Å². The van der Waals surface area contributed by atoms with E-state index in [1.807, 2.05) is 14.0 Å². The number of rotatable bonds is 8. The van der Waals surface area contributed by atoms with Crippen LogP contribution in [0.5, 0.6) is 5.75 Å². The minimum Gasteiger partial charge on any atom is -0.508 e. The van der Waals surface area contributed by atoms with Crippen LogP contribution in [0.3, 0.4) is 0 Å². The van der Waals surface area contributed by atoms with Gasteiger partial charge in [0.05, 0.1) is 0 Å². The van der Waals surface area contributed by atoms with E-state index in [1.54, 1.807) is 19.2 Å². The van der Waals surface area contributed by atoms with Crippen LogP contribution in [0, 0.1) is 0 Å². The molecule has 1 atom stereocenters. The van der Waals surface area contributed by atoms with Gasteiger partial charge in [-0.25, -0.2) is 0 Å². The predicted molar refractivity (Wildman–Crippen MR) is 84.8 cm³/mol. The standard InChI is InChI=1S/C14H19NO3.C2H5NO/c1-11(4-3-7-16)15(2)9-13-8-14(18)6-5-12(13)10-17;1-3-2-4/h5-8,10-11,18H,3-4,9H2,1-2H3;2H,1H3,(H,3,4). The highest BCUT2D eigenvalue weighted by molar-refractivity contribution is 5.77. The van der Waals surface area contributed by atoms with Crippen LogP contribution in [0.4, 0.5) is 0 Å². The van der Waals surface area contributed by atoms with E-state index in [-0.39, 0.29) is 11.8 Å². The topological polar surface area (TPSA) is 86.7 Å². The molecule has 0 saturated carbocycles. The molecule has 1 unspecified atom stereocenters. The first-order valence-corrected chi connectivity index (χ1v) is 7.02. The molecule has 1 amide bonds. The summed E-state index contributed by atoms with van der Waals surface area (Å²) in [7, 11) is 3.50. The quantitative estimate of drug-likeness (QED) is 0.708. The van der Waals surface area contributed by atoms with Crippen LogP contribution in [-0.4, -0.2) is 49.1 Å². The van der Waals surface area contributed by atoms with Crippen LogP contribution in [-0.2, 0) is 16.1 Å². The Labute approximate surface area is 131 Å². The van der Waals surface area contributed by atoms with Gasteiger partial charge in [-0.15, -0.1) is 0 Å². The van der Waals surface area contributed by atoms with Crippen molar-refractivity contribution in [2.24, 2.45) is 0 Å². The summed E-state index contributed by atoms with van der Waals surface area (Å²) in [6.07, 6.45) is 3.65. The average molecular weight is 308 g/mol. The maximum Gasteiger partial charge on any atom is 0.206 e. The number of aromatic hydroxyl groups is 1. The van der Waals surface area contributed by atoms with Gasteiger partial charge in [0, 0.05) is 31.6 Å². The lowest BCUT2D eigenvalue weighted by molar-refractivity contribution is -0.109. The van der Waals surface area contributed by atoms with Gasteiger partial charge in [0.25, 0.3) is 0 Å². The molecule has 1 rings (SSSR count). The number of nitrogens with zero attached hydrogens (tertiary/aromatic N) is 1. The molecule has 0 saturated heterocycles. The van der Waals surface area contributed by atoms with Crippen molar-refractivity contribution in [1.29, 1.82) is 0 Å². The van der Waals surface area contributed by atoms with Crippen molar-refractivity contribution < 1.29 is 19.5 Å². The Morgan fingerprint density at radius 1 is 1.32 bits per heavy atom. The second kappa shape index (κ2) is 11.4. The molecule has 0 spiro atoms. The number of amides is 1. The van der Waals surface area contributed by atoms with Crippen LogP contribution < -0.4 is 5.32 Å². The van der Waals surface area contributed by atoms with Crippen LogP contribution in [0.1, 0.15) is 35.7 Å². The van der Waals surface area contributed by atoms with Gasteiger partial charge in [0.1, 0.15) is 18.3 Å². The van der Waals surface area contributed by atoms with Gasteiger partial charge in [-0.2, -0.15) is 0 Å². The molecule has 6 heteroatoms. The Hall–Kier alpha value is -2.21. The number of phenols is 1. The van der Waals surface area contributed by atoms with Crippen LogP contribution in [0.25, 0.3) is 0 Å². The van der Waals surface area contributed by atoms with Gasteiger partial charge in [-0.3, -0.25) is 14.5 Å². The van der Waals surface area contributed by atoms with Crippen molar-refractivity contribution in [1.82, 2.24) is 10.2 Å². The molecule has 2 N–H and O–H groups in total. The van der Waals surface area contributed by atoms with Crippen molar-refractivity contribution in [3.8, 4) is 5.75 Å². The maximum atomic E-state index is 10.9. The zero-order valence-corrected chi connectivity index (χ0v) is 13.3. The Balaban J connectivity index is 0.000000980. The van der Waals surface area contributed by atoms with Gasteiger partial charge in [-0.1, -0.05) is 0 Å². The fourth-order valence-electron chi connectivity index (χ4n) is 1.80. The van der Waals surface area contributed by atoms with Gasteiger partial charge in [-0.05, 0) is 44.2 Å². The molecule has 1 aromatic carbocycles. The van der Waals surface area contributed by atoms with Crippen LogP contribution in [0.2, 0.25) is 0 Å². The zero-order valence-electron chi connectivity index (χ0n) is 13.3. The Morgan fingerprint density at radius 2 is 1.95 bits per heavy atom. The minimum absolute atomic E-state index is 0.157. The highest BCUT2D eigenvalue weighted by Crippen LogP contribution is 2.18. The number of phenolic OH excluding ortho intramolecular Hbond substituents is 1. The summed E-state index contributed by atoms with van der Waals surface area (Å²) in [4.78, 5) is 32.4. The van der Waals surface area contributed by atoms with Gasteiger partial charge in [0.2, 0.25) is 6.41 Å². The smallest absolute Gasteiger partial charge is 0.206 e. The normalized spacial score (nSPS) is 11.1. The van der Waals surface area contributed by atoms with Crippen LogP contribution in [0.15, 0.2) is 18.2 Å². The summed E-state index contributed by atoms with van der Waals surface area (Å²) >= 11 is 0. The molecule has 0 radical (unpaired) electrons. The van der Waals surface area contributed by atoms with Crippen molar-refractivity contribution in [3.05, 3.63) is 29.3 Å². The minimum atomic E-state index is 0.157. The molecular weight excluding hydrogens is 284 g/mol. The average Bonchev–Trinajstić information content (AvgIpc) is 2.53. The summed E-state index contributed by atoms with van der Waals surface area (Å²) in [6.45, 7) is 2.61. The molecule has 0 aliphatic heterocycles. The molecule has 0 bridgehead atoms. The lowest BCUT2D eigenvalue weighted by Crippen LogP contribution is -2.29. The summed E-state index contributed by atoms with van der Waals surface area (Å²) in [5.41, 5.74) is 1.38. The Bertz CT molecular complexity index is 477. The Morgan fingerprint density at radius 3 is 2.45 bits per heavy atom. The third-order valence-corrected chi connectivity index (χ3v) is 3.25.